The van der Waals surface area contributed by atoms with Gasteiger partial charge in [-0.3, -0.25) is 0 Å². The molecule has 0 atom stereocenters. The third kappa shape index (κ3) is 2.48. The number of hydrogen-bond acceptors (Lipinski definition) is 5. The molecule has 0 unspecified atom stereocenters. The summed E-state index contributed by atoms with van der Waals surface area (Å²) in [5.41, 5.74) is 6.80. The Hall–Kier alpha value is -2.22. The highest BCUT2D eigenvalue weighted by Gasteiger charge is 2.18. The second-order valence-corrected chi connectivity index (χ2v) is 4.44. The predicted octanol–water partition coefficient (Wildman–Crippen LogP) is 0.261. The van der Waals surface area contributed by atoms with E-state index in [2.05, 4.69) is 15.3 Å². The van der Waals surface area contributed by atoms with Crippen LogP contribution in [0.4, 0.5) is 0 Å². The molecule has 2 aromatic heterocycles. The topological polar surface area (TPSA) is 112 Å². The van der Waals surface area contributed by atoms with Crippen molar-refractivity contribution in [3.8, 4) is 0 Å². The number of carboxylic acid groups (broad SMARTS) is 1. The first-order valence-electron chi connectivity index (χ1n) is 5.91. The Morgan fingerprint density at radius 1 is 1.53 bits per heavy atom. The van der Waals surface area contributed by atoms with Crippen LogP contribution in [0.3, 0.4) is 0 Å². The molecule has 0 spiro atoms. The Balaban J connectivity index is 2.33. The van der Waals surface area contributed by atoms with E-state index in [-0.39, 0.29) is 18.3 Å². The number of imidazole rings is 1. The van der Waals surface area contributed by atoms with Gasteiger partial charge in [0.15, 0.2) is 5.69 Å². The third-order valence-corrected chi connectivity index (χ3v) is 2.85. The molecule has 0 aliphatic heterocycles. The highest BCUT2D eigenvalue weighted by Crippen LogP contribution is 2.12. The van der Waals surface area contributed by atoms with Crippen LogP contribution < -0.4 is 5.73 Å². The lowest BCUT2D eigenvalue weighted by Crippen LogP contribution is -2.15. The van der Waals surface area contributed by atoms with Gasteiger partial charge in [-0.05, 0) is 13.8 Å². The number of nitrogens with zero attached hydrogens (tertiary/aromatic N) is 5. The number of carboxylic acids is 1. The lowest BCUT2D eigenvalue weighted by atomic mass is 10.3. The van der Waals surface area contributed by atoms with Crippen molar-refractivity contribution in [2.75, 3.05) is 0 Å². The van der Waals surface area contributed by atoms with Gasteiger partial charge in [-0.25, -0.2) is 14.5 Å². The van der Waals surface area contributed by atoms with Gasteiger partial charge in [0.2, 0.25) is 0 Å². The smallest absolute Gasteiger partial charge is 0.358 e. The van der Waals surface area contributed by atoms with E-state index >= 15 is 0 Å². The molecule has 8 nitrogen and oxygen atoms in total. The second kappa shape index (κ2) is 5.19. The Bertz CT molecular complexity index is 586. The van der Waals surface area contributed by atoms with Crippen LogP contribution in [0, 0.1) is 0 Å². The first kappa shape index (κ1) is 13.2. The Morgan fingerprint density at radius 3 is 2.84 bits per heavy atom. The van der Waals surface area contributed by atoms with Crippen molar-refractivity contribution in [1.29, 1.82) is 0 Å². The van der Waals surface area contributed by atoms with Crippen molar-refractivity contribution >= 4 is 5.97 Å². The predicted molar refractivity (Wildman–Crippen MR) is 66.6 cm³/mol. The van der Waals surface area contributed by atoms with Crippen LogP contribution in [0.1, 0.15) is 41.8 Å². The normalized spacial score (nSPS) is 11.2. The van der Waals surface area contributed by atoms with Gasteiger partial charge in [0.25, 0.3) is 0 Å². The van der Waals surface area contributed by atoms with Crippen molar-refractivity contribution in [1.82, 2.24) is 24.5 Å². The van der Waals surface area contributed by atoms with E-state index in [1.165, 1.54) is 4.68 Å². The molecule has 0 fully saturated rings. The third-order valence-electron chi connectivity index (χ3n) is 2.85. The Kier molecular flexibility index (Phi) is 3.61. The summed E-state index contributed by atoms with van der Waals surface area (Å²) in [6.45, 7) is 4.55. The summed E-state index contributed by atoms with van der Waals surface area (Å²) in [5.74, 6) is -1.12. The van der Waals surface area contributed by atoms with Crippen molar-refractivity contribution in [3.63, 3.8) is 0 Å². The van der Waals surface area contributed by atoms with E-state index in [9.17, 15) is 4.79 Å². The summed E-state index contributed by atoms with van der Waals surface area (Å²) >= 11 is 0. The number of rotatable bonds is 5. The largest absolute Gasteiger partial charge is 0.476 e. The maximum Gasteiger partial charge on any atom is 0.358 e. The van der Waals surface area contributed by atoms with E-state index in [0.717, 1.165) is 5.69 Å². The van der Waals surface area contributed by atoms with Gasteiger partial charge < -0.3 is 15.4 Å². The van der Waals surface area contributed by atoms with Crippen molar-refractivity contribution in [3.05, 3.63) is 29.6 Å². The standard InChI is InChI=1S/C11H16N6O2/c1-7(2)16-6-13-4-8(16)5-17-9(3-12)10(11(18)19)14-15-17/h4,6-7H,3,5,12H2,1-2H3,(H,18,19). The maximum absolute atomic E-state index is 11.0. The molecule has 0 aromatic carbocycles. The maximum atomic E-state index is 11.0. The zero-order valence-corrected chi connectivity index (χ0v) is 10.8. The molecule has 102 valence electrons. The number of aromatic carboxylic acids is 1. The van der Waals surface area contributed by atoms with Gasteiger partial charge in [0.05, 0.1) is 30.5 Å². The first-order chi connectivity index (χ1) is 9.04. The average Bonchev–Trinajstić information content (AvgIpc) is 2.95. The van der Waals surface area contributed by atoms with Crippen LogP contribution in [-0.4, -0.2) is 35.6 Å². The average molecular weight is 264 g/mol. The number of carbonyl (C=O) groups is 1. The van der Waals surface area contributed by atoms with E-state index in [4.69, 9.17) is 10.8 Å². The van der Waals surface area contributed by atoms with Gasteiger partial charge in [-0.1, -0.05) is 5.21 Å². The van der Waals surface area contributed by atoms with Crippen molar-refractivity contribution in [2.24, 2.45) is 5.73 Å². The highest BCUT2D eigenvalue weighted by atomic mass is 16.4. The second-order valence-electron chi connectivity index (χ2n) is 4.44. The Morgan fingerprint density at radius 2 is 2.26 bits per heavy atom. The van der Waals surface area contributed by atoms with E-state index in [1.807, 2.05) is 18.4 Å². The lowest BCUT2D eigenvalue weighted by molar-refractivity contribution is 0.0689. The highest BCUT2D eigenvalue weighted by molar-refractivity contribution is 5.86. The zero-order chi connectivity index (χ0) is 14.0. The monoisotopic (exact) mass is 264 g/mol. The fourth-order valence-electron chi connectivity index (χ4n) is 1.90. The molecular formula is C11H16N6O2. The first-order valence-corrected chi connectivity index (χ1v) is 5.91. The van der Waals surface area contributed by atoms with Gasteiger partial charge in [-0.2, -0.15) is 0 Å². The molecule has 0 bridgehead atoms. The van der Waals surface area contributed by atoms with E-state index in [1.54, 1.807) is 12.5 Å². The minimum atomic E-state index is -1.12. The molecule has 0 aliphatic carbocycles. The summed E-state index contributed by atoms with van der Waals surface area (Å²) in [7, 11) is 0. The molecule has 0 amide bonds. The molecule has 19 heavy (non-hydrogen) atoms. The van der Waals surface area contributed by atoms with Crippen molar-refractivity contribution < 1.29 is 9.90 Å². The van der Waals surface area contributed by atoms with Crippen LogP contribution in [0.5, 0.6) is 0 Å². The Labute approximate surface area is 109 Å². The van der Waals surface area contributed by atoms with Crippen LogP contribution in [-0.2, 0) is 13.1 Å². The number of aromatic nitrogens is 5. The minimum Gasteiger partial charge on any atom is -0.476 e. The van der Waals surface area contributed by atoms with Gasteiger partial charge in [0, 0.05) is 12.6 Å². The number of hydrogen-bond donors (Lipinski definition) is 2. The molecule has 3 N–H and O–H groups in total. The summed E-state index contributed by atoms with van der Waals surface area (Å²) in [6.07, 6.45) is 3.46. The quantitative estimate of drug-likeness (QED) is 0.801. The minimum absolute atomic E-state index is 0.0739. The van der Waals surface area contributed by atoms with Crippen LogP contribution >= 0.6 is 0 Å². The summed E-state index contributed by atoms with van der Waals surface area (Å²) in [5, 5.41) is 16.5. The molecule has 0 saturated carbocycles. The zero-order valence-electron chi connectivity index (χ0n) is 10.8. The van der Waals surface area contributed by atoms with E-state index in [0.29, 0.717) is 12.2 Å². The summed E-state index contributed by atoms with van der Waals surface area (Å²) < 4.78 is 3.49. The molecule has 0 aliphatic rings. The molecule has 0 radical (unpaired) electrons. The van der Waals surface area contributed by atoms with Crippen LogP contribution in [0.2, 0.25) is 0 Å². The van der Waals surface area contributed by atoms with Gasteiger partial charge in [-0.15, -0.1) is 5.10 Å². The molecule has 2 aromatic rings. The summed E-state index contributed by atoms with van der Waals surface area (Å²) in [4.78, 5) is 15.1. The van der Waals surface area contributed by atoms with Gasteiger partial charge in [0.1, 0.15) is 0 Å². The SMILES string of the molecule is CC(C)n1cncc1Cn1nnc(C(=O)O)c1CN. The van der Waals surface area contributed by atoms with Gasteiger partial charge >= 0.3 is 5.97 Å². The van der Waals surface area contributed by atoms with Crippen LogP contribution in [0.15, 0.2) is 12.5 Å². The van der Waals surface area contributed by atoms with E-state index < -0.39 is 5.97 Å². The molecule has 0 saturated heterocycles. The number of nitrogens with two attached hydrogens (primary N) is 1. The lowest BCUT2D eigenvalue weighted by Gasteiger charge is -2.12. The fourth-order valence-corrected chi connectivity index (χ4v) is 1.90. The van der Waals surface area contributed by atoms with Crippen LogP contribution in [0.25, 0.3) is 0 Å². The fraction of sp³-hybridized carbons (Fsp3) is 0.455. The van der Waals surface area contributed by atoms with Crippen molar-refractivity contribution in [2.45, 2.75) is 33.0 Å². The molecule has 2 heterocycles. The molecular weight excluding hydrogens is 248 g/mol. The molecule has 8 heteroatoms. The summed E-state index contributed by atoms with van der Waals surface area (Å²) in [6, 6.07) is 0.265. The molecule has 2 rings (SSSR count).